The third kappa shape index (κ3) is 3.10. The van der Waals surface area contributed by atoms with Gasteiger partial charge in [-0.05, 0) is 36.6 Å². The molecule has 5 heteroatoms. The second kappa shape index (κ2) is 6.56. The summed E-state index contributed by atoms with van der Waals surface area (Å²) >= 11 is 1.82. The van der Waals surface area contributed by atoms with Crippen molar-refractivity contribution in [2.24, 2.45) is 0 Å². The Morgan fingerprint density at radius 3 is 3.00 bits per heavy atom. The molecule has 0 spiro atoms. The van der Waals surface area contributed by atoms with Gasteiger partial charge in [-0.1, -0.05) is 0 Å². The minimum Gasteiger partial charge on any atom is -0.497 e. The third-order valence-corrected chi connectivity index (χ3v) is 4.80. The van der Waals surface area contributed by atoms with Crippen LogP contribution in [0.2, 0.25) is 0 Å². The van der Waals surface area contributed by atoms with E-state index < -0.39 is 0 Å². The van der Waals surface area contributed by atoms with Crippen molar-refractivity contribution in [3.63, 3.8) is 0 Å². The van der Waals surface area contributed by atoms with Gasteiger partial charge in [-0.15, -0.1) is 11.3 Å². The molecule has 1 aromatic carbocycles. The van der Waals surface area contributed by atoms with Crippen LogP contribution >= 0.6 is 11.3 Å². The Labute approximate surface area is 129 Å². The van der Waals surface area contributed by atoms with Gasteiger partial charge in [0.2, 0.25) is 0 Å². The number of ether oxygens (including phenoxy) is 2. The molecule has 0 unspecified atom stereocenters. The van der Waals surface area contributed by atoms with E-state index in [1.54, 1.807) is 14.2 Å². The molecule has 0 saturated carbocycles. The van der Waals surface area contributed by atoms with Crippen LogP contribution in [0.3, 0.4) is 0 Å². The average molecular weight is 304 g/mol. The van der Waals surface area contributed by atoms with E-state index in [0.717, 1.165) is 49.0 Å². The van der Waals surface area contributed by atoms with Crippen molar-refractivity contribution >= 4 is 11.3 Å². The lowest BCUT2D eigenvalue weighted by Gasteiger charge is -2.15. The number of hydrogen-bond donors (Lipinski definition) is 1. The molecular formula is C16H20N2O2S. The molecule has 2 aromatic rings. The number of benzene rings is 1. The zero-order chi connectivity index (χ0) is 14.7. The quantitative estimate of drug-likeness (QED) is 0.833. The van der Waals surface area contributed by atoms with Crippen LogP contribution < -0.4 is 10.1 Å². The minimum absolute atomic E-state index is 0.730. The van der Waals surface area contributed by atoms with Gasteiger partial charge >= 0.3 is 0 Å². The van der Waals surface area contributed by atoms with Crippen molar-refractivity contribution in [3.8, 4) is 17.0 Å². The highest BCUT2D eigenvalue weighted by Crippen LogP contribution is 2.37. The highest BCUT2D eigenvalue weighted by molar-refractivity contribution is 7.12. The summed E-state index contributed by atoms with van der Waals surface area (Å²) in [5.41, 5.74) is 3.76. The molecule has 0 amide bonds. The number of aryl methyl sites for hydroxylation is 2. The van der Waals surface area contributed by atoms with Crippen molar-refractivity contribution in [1.29, 1.82) is 0 Å². The zero-order valence-electron chi connectivity index (χ0n) is 12.4. The molecule has 1 aliphatic rings. The van der Waals surface area contributed by atoms with Gasteiger partial charge < -0.3 is 14.8 Å². The maximum Gasteiger partial charge on any atom is 0.119 e. The summed E-state index contributed by atoms with van der Waals surface area (Å²) in [7, 11) is 3.43. The van der Waals surface area contributed by atoms with E-state index in [9.17, 15) is 0 Å². The molecule has 0 radical (unpaired) electrons. The van der Waals surface area contributed by atoms with Crippen molar-refractivity contribution in [2.75, 3.05) is 27.4 Å². The number of nitrogens with one attached hydrogen (secondary N) is 1. The predicted molar refractivity (Wildman–Crippen MR) is 85.1 cm³/mol. The Balaban J connectivity index is 1.79. The second-order valence-corrected chi connectivity index (χ2v) is 6.24. The SMILES string of the molecule is COCCNCc1nc2c(s1)CCc1cc(OC)ccc1-2. The number of rotatable bonds is 6. The Morgan fingerprint density at radius 2 is 2.19 bits per heavy atom. The first-order valence-corrected chi connectivity index (χ1v) is 7.99. The number of hydrogen-bond acceptors (Lipinski definition) is 5. The molecule has 0 aliphatic heterocycles. The fourth-order valence-corrected chi connectivity index (χ4v) is 3.66. The summed E-state index contributed by atoms with van der Waals surface area (Å²) in [5, 5.41) is 4.51. The highest BCUT2D eigenvalue weighted by atomic mass is 32.1. The molecular weight excluding hydrogens is 284 g/mol. The molecule has 1 N–H and O–H groups in total. The smallest absolute Gasteiger partial charge is 0.119 e. The Bertz CT molecular complexity index is 625. The first-order valence-electron chi connectivity index (χ1n) is 7.17. The summed E-state index contributed by atoms with van der Waals surface area (Å²) in [5.74, 6) is 0.925. The van der Waals surface area contributed by atoms with Crippen LogP contribution in [0.15, 0.2) is 18.2 Å². The van der Waals surface area contributed by atoms with Crippen LogP contribution in [-0.4, -0.2) is 32.4 Å². The maximum absolute atomic E-state index is 5.31. The van der Waals surface area contributed by atoms with Gasteiger partial charge in [0.1, 0.15) is 10.8 Å². The average Bonchev–Trinajstić information content (AvgIpc) is 2.94. The maximum atomic E-state index is 5.31. The van der Waals surface area contributed by atoms with Crippen LogP contribution in [0.4, 0.5) is 0 Å². The van der Waals surface area contributed by atoms with Gasteiger partial charge in [0.25, 0.3) is 0 Å². The van der Waals surface area contributed by atoms with Crippen LogP contribution in [0.25, 0.3) is 11.3 Å². The number of fused-ring (bicyclic) bond motifs is 3. The number of nitrogens with zero attached hydrogens (tertiary/aromatic N) is 1. The van der Waals surface area contributed by atoms with Gasteiger partial charge in [0.05, 0.1) is 19.4 Å². The second-order valence-electron chi connectivity index (χ2n) is 5.07. The summed E-state index contributed by atoms with van der Waals surface area (Å²) in [6, 6.07) is 6.28. The number of aromatic nitrogens is 1. The third-order valence-electron chi connectivity index (χ3n) is 3.69. The summed E-state index contributed by atoms with van der Waals surface area (Å²) in [6.45, 7) is 2.40. The summed E-state index contributed by atoms with van der Waals surface area (Å²) in [4.78, 5) is 6.22. The Morgan fingerprint density at radius 1 is 1.29 bits per heavy atom. The number of methoxy groups -OCH3 is 2. The van der Waals surface area contributed by atoms with Gasteiger partial charge in [-0.3, -0.25) is 0 Å². The fourth-order valence-electron chi connectivity index (χ4n) is 2.61. The first kappa shape index (κ1) is 14.5. The number of thiazole rings is 1. The van der Waals surface area contributed by atoms with E-state index >= 15 is 0 Å². The van der Waals surface area contributed by atoms with Crippen molar-refractivity contribution in [1.82, 2.24) is 10.3 Å². The minimum atomic E-state index is 0.730. The molecule has 3 rings (SSSR count). The van der Waals surface area contributed by atoms with E-state index in [0.29, 0.717) is 0 Å². The molecule has 112 valence electrons. The standard InChI is InChI=1S/C16H20N2O2S/c1-19-8-7-17-10-15-18-16-13-5-4-12(20-2)9-11(13)3-6-14(16)21-15/h4-5,9,17H,3,6-8,10H2,1-2H3. The topological polar surface area (TPSA) is 43.4 Å². The fraction of sp³-hybridized carbons (Fsp3) is 0.438. The van der Waals surface area contributed by atoms with Crippen LogP contribution in [0, 0.1) is 0 Å². The lowest BCUT2D eigenvalue weighted by Crippen LogP contribution is -2.18. The van der Waals surface area contributed by atoms with Crippen molar-refractivity contribution in [3.05, 3.63) is 33.6 Å². The van der Waals surface area contributed by atoms with E-state index in [4.69, 9.17) is 14.5 Å². The largest absolute Gasteiger partial charge is 0.497 e. The Kier molecular flexibility index (Phi) is 4.53. The molecule has 0 fully saturated rings. The normalized spacial score (nSPS) is 12.9. The van der Waals surface area contributed by atoms with E-state index in [2.05, 4.69) is 17.4 Å². The van der Waals surface area contributed by atoms with Gasteiger partial charge in [0, 0.05) is 30.6 Å². The predicted octanol–water partition coefficient (Wildman–Crippen LogP) is 2.65. The van der Waals surface area contributed by atoms with E-state index in [1.165, 1.54) is 16.0 Å². The van der Waals surface area contributed by atoms with Crippen LogP contribution in [0.1, 0.15) is 15.4 Å². The van der Waals surface area contributed by atoms with Gasteiger partial charge in [-0.25, -0.2) is 4.98 Å². The van der Waals surface area contributed by atoms with E-state index in [-0.39, 0.29) is 0 Å². The van der Waals surface area contributed by atoms with Gasteiger partial charge in [0.15, 0.2) is 0 Å². The lowest BCUT2D eigenvalue weighted by atomic mass is 9.93. The molecule has 0 atom stereocenters. The molecule has 4 nitrogen and oxygen atoms in total. The zero-order valence-corrected chi connectivity index (χ0v) is 13.3. The monoisotopic (exact) mass is 304 g/mol. The molecule has 1 heterocycles. The van der Waals surface area contributed by atoms with Gasteiger partial charge in [-0.2, -0.15) is 0 Å². The van der Waals surface area contributed by atoms with Crippen molar-refractivity contribution in [2.45, 2.75) is 19.4 Å². The Hall–Kier alpha value is -1.43. The molecule has 1 aliphatic carbocycles. The summed E-state index contributed by atoms with van der Waals surface area (Å²) in [6.07, 6.45) is 2.14. The molecule has 0 bridgehead atoms. The highest BCUT2D eigenvalue weighted by Gasteiger charge is 2.21. The van der Waals surface area contributed by atoms with E-state index in [1.807, 2.05) is 17.4 Å². The first-order chi connectivity index (χ1) is 10.3. The van der Waals surface area contributed by atoms with Crippen LogP contribution in [-0.2, 0) is 24.1 Å². The summed E-state index contributed by atoms with van der Waals surface area (Å²) < 4.78 is 10.3. The van der Waals surface area contributed by atoms with Crippen LogP contribution in [0.5, 0.6) is 5.75 Å². The molecule has 0 saturated heterocycles. The lowest BCUT2D eigenvalue weighted by molar-refractivity contribution is 0.199. The molecule has 21 heavy (non-hydrogen) atoms. The van der Waals surface area contributed by atoms with Crippen molar-refractivity contribution < 1.29 is 9.47 Å². The molecule has 1 aromatic heterocycles.